The van der Waals surface area contributed by atoms with E-state index in [1.54, 1.807) is 12.1 Å². The molecule has 1 rings (SSSR count). The minimum Gasteiger partial charge on any atom is -0.314 e. The quantitative estimate of drug-likeness (QED) is 0.846. The van der Waals surface area contributed by atoms with E-state index in [9.17, 15) is 13.2 Å². The summed E-state index contributed by atoms with van der Waals surface area (Å²) >= 11 is 0. The molecule has 0 amide bonds. The van der Waals surface area contributed by atoms with Gasteiger partial charge in [0, 0.05) is 6.04 Å². The van der Waals surface area contributed by atoms with Gasteiger partial charge in [-0.05, 0) is 43.5 Å². The highest BCUT2D eigenvalue weighted by Crippen LogP contribution is 2.29. The molecule has 18 heavy (non-hydrogen) atoms. The predicted molar refractivity (Wildman–Crippen MR) is 67.5 cm³/mol. The molecule has 0 saturated carbocycles. The Morgan fingerprint density at radius 1 is 1.11 bits per heavy atom. The summed E-state index contributed by atoms with van der Waals surface area (Å²) in [7, 11) is 0. The first kappa shape index (κ1) is 15.0. The molecule has 0 heterocycles. The Bertz CT molecular complexity index is 356. The monoisotopic (exact) mass is 259 g/mol. The van der Waals surface area contributed by atoms with Gasteiger partial charge in [0.15, 0.2) is 0 Å². The van der Waals surface area contributed by atoms with Crippen LogP contribution in [0, 0.1) is 5.92 Å². The van der Waals surface area contributed by atoms with Crippen LogP contribution in [0.1, 0.15) is 31.9 Å². The van der Waals surface area contributed by atoms with Crippen molar-refractivity contribution in [1.82, 2.24) is 5.32 Å². The molecule has 0 saturated heterocycles. The first-order valence-corrected chi connectivity index (χ1v) is 6.24. The van der Waals surface area contributed by atoms with Crippen LogP contribution in [-0.2, 0) is 12.6 Å². The van der Waals surface area contributed by atoms with E-state index in [4.69, 9.17) is 0 Å². The molecule has 0 radical (unpaired) electrons. The Labute approximate surface area is 106 Å². The number of nitrogens with one attached hydrogen (secondary N) is 1. The zero-order chi connectivity index (χ0) is 13.8. The smallest absolute Gasteiger partial charge is 0.314 e. The summed E-state index contributed by atoms with van der Waals surface area (Å²) in [4.78, 5) is 0. The Hall–Kier alpha value is -1.03. The summed E-state index contributed by atoms with van der Waals surface area (Å²) in [6, 6.07) is 5.80. The van der Waals surface area contributed by atoms with Gasteiger partial charge in [0.05, 0.1) is 5.56 Å². The summed E-state index contributed by atoms with van der Waals surface area (Å²) in [6.45, 7) is 7.14. The van der Waals surface area contributed by atoms with Crippen molar-refractivity contribution in [2.45, 2.75) is 39.4 Å². The van der Waals surface area contributed by atoms with Crippen molar-refractivity contribution in [1.29, 1.82) is 0 Å². The maximum absolute atomic E-state index is 12.4. The Kier molecular flexibility index (Phi) is 5.20. The van der Waals surface area contributed by atoms with Gasteiger partial charge in [-0.25, -0.2) is 0 Å². The molecule has 0 bridgehead atoms. The molecule has 1 N–H and O–H groups in total. The number of hydrogen-bond acceptors (Lipinski definition) is 1. The highest BCUT2D eigenvalue weighted by Gasteiger charge is 2.29. The zero-order valence-electron chi connectivity index (χ0n) is 11.0. The van der Waals surface area contributed by atoms with Crippen molar-refractivity contribution >= 4 is 0 Å². The summed E-state index contributed by atoms with van der Waals surface area (Å²) in [6.07, 6.45) is -3.46. The highest BCUT2D eigenvalue weighted by atomic mass is 19.4. The second-order valence-electron chi connectivity index (χ2n) is 4.72. The van der Waals surface area contributed by atoms with Crippen molar-refractivity contribution in [2.24, 2.45) is 5.92 Å². The van der Waals surface area contributed by atoms with E-state index < -0.39 is 11.7 Å². The van der Waals surface area contributed by atoms with Crippen molar-refractivity contribution in [3.8, 4) is 0 Å². The zero-order valence-corrected chi connectivity index (χ0v) is 11.0. The minimum absolute atomic E-state index is 0.359. The molecular weight excluding hydrogens is 239 g/mol. The van der Waals surface area contributed by atoms with E-state index in [1.165, 1.54) is 0 Å². The lowest BCUT2D eigenvalue weighted by Gasteiger charge is -2.20. The second kappa shape index (κ2) is 6.23. The van der Waals surface area contributed by atoms with Gasteiger partial charge in [0.25, 0.3) is 0 Å². The molecule has 2 unspecified atom stereocenters. The lowest BCUT2D eigenvalue weighted by Crippen LogP contribution is -2.32. The Balaban J connectivity index is 2.64. The average molecular weight is 259 g/mol. The van der Waals surface area contributed by atoms with Crippen molar-refractivity contribution in [3.63, 3.8) is 0 Å². The minimum atomic E-state index is -4.25. The fraction of sp³-hybridized carbons (Fsp3) is 0.571. The van der Waals surface area contributed by atoms with Gasteiger partial charge in [-0.2, -0.15) is 13.2 Å². The predicted octanol–water partition coefficient (Wildman–Crippen LogP) is 3.88. The van der Waals surface area contributed by atoms with Crippen molar-refractivity contribution in [3.05, 3.63) is 35.4 Å². The van der Waals surface area contributed by atoms with E-state index in [0.29, 0.717) is 12.0 Å². The third-order valence-electron chi connectivity index (χ3n) is 3.22. The topological polar surface area (TPSA) is 12.0 Å². The lowest BCUT2D eigenvalue weighted by molar-refractivity contribution is -0.137. The van der Waals surface area contributed by atoms with E-state index >= 15 is 0 Å². The van der Waals surface area contributed by atoms with Gasteiger partial charge in [0.2, 0.25) is 0 Å². The van der Waals surface area contributed by atoms with Crippen LogP contribution in [0.15, 0.2) is 24.3 Å². The molecule has 0 fully saturated rings. The van der Waals surface area contributed by atoms with Gasteiger partial charge in [0.1, 0.15) is 0 Å². The summed E-state index contributed by atoms with van der Waals surface area (Å²) in [5.41, 5.74) is 0.360. The Morgan fingerprint density at radius 2 is 1.67 bits per heavy atom. The van der Waals surface area contributed by atoms with E-state index in [-0.39, 0.29) is 0 Å². The van der Waals surface area contributed by atoms with Gasteiger partial charge >= 0.3 is 6.18 Å². The molecule has 1 nitrogen and oxygen atoms in total. The second-order valence-corrected chi connectivity index (χ2v) is 4.72. The van der Waals surface area contributed by atoms with Gasteiger partial charge in [-0.15, -0.1) is 0 Å². The standard InChI is InChI=1S/C14H20F3N/c1-4-18-11(3)10(2)9-12-5-7-13(8-6-12)14(15,16)17/h5-8,10-11,18H,4,9H2,1-3H3. The maximum Gasteiger partial charge on any atom is 0.416 e. The fourth-order valence-corrected chi connectivity index (χ4v) is 1.90. The molecule has 1 aromatic rings. The van der Waals surface area contributed by atoms with Crippen LogP contribution in [0.5, 0.6) is 0 Å². The van der Waals surface area contributed by atoms with Gasteiger partial charge < -0.3 is 5.32 Å². The van der Waals surface area contributed by atoms with E-state index in [0.717, 1.165) is 30.7 Å². The molecular formula is C14H20F3N. The molecule has 0 aromatic heterocycles. The number of benzene rings is 1. The average Bonchev–Trinajstić information content (AvgIpc) is 2.28. The number of rotatable bonds is 5. The molecule has 102 valence electrons. The van der Waals surface area contributed by atoms with Gasteiger partial charge in [-0.1, -0.05) is 26.0 Å². The van der Waals surface area contributed by atoms with Crippen LogP contribution in [-0.4, -0.2) is 12.6 Å². The normalized spacial score (nSPS) is 15.4. The largest absolute Gasteiger partial charge is 0.416 e. The molecule has 0 spiro atoms. The highest BCUT2D eigenvalue weighted by molar-refractivity contribution is 5.25. The van der Waals surface area contributed by atoms with Crippen LogP contribution in [0.2, 0.25) is 0 Å². The van der Waals surface area contributed by atoms with E-state index in [2.05, 4.69) is 19.2 Å². The molecule has 4 heteroatoms. The van der Waals surface area contributed by atoms with Crippen LogP contribution >= 0.6 is 0 Å². The molecule has 0 aliphatic carbocycles. The summed E-state index contributed by atoms with van der Waals surface area (Å²) in [5.74, 6) is 0.390. The fourth-order valence-electron chi connectivity index (χ4n) is 1.90. The summed E-state index contributed by atoms with van der Waals surface area (Å²) < 4.78 is 37.2. The molecule has 0 aliphatic heterocycles. The first-order chi connectivity index (χ1) is 8.34. The SMILES string of the molecule is CCNC(C)C(C)Cc1ccc(C(F)(F)F)cc1. The van der Waals surface area contributed by atoms with Crippen molar-refractivity contribution in [2.75, 3.05) is 6.54 Å². The number of hydrogen-bond donors (Lipinski definition) is 1. The van der Waals surface area contributed by atoms with Crippen LogP contribution in [0.3, 0.4) is 0 Å². The van der Waals surface area contributed by atoms with E-state index in [1.807, 2.05) is 6.92 Å². The van der Waals surface area contributed by atoms with Crippen LogP contribution in [0.4, 0.5) is 13.2 Å². The lowest BCUT2D eigenvalue weighted by atomic mass is 9.94. The first-order valence-electron chi connectivity index (χ1n) is 6.24. The van der Waals surface area contributed by atoms with Crippen molar-refractivity contribution < 1.29 is 13.2 Å². The van der Waals surface area contributed by atoms with Crippen LogP contribution in [0.25, 0.3) is 0 Å². The third-order valence-corrected chi connectivity index (χ3v) is 3.22. The molecule has 1 aromatic carbocycles. The number of alkyl halides is 3. The Morgan fingerprint density at radius 3 is 2.11 bits per heavy atom. The van der Waals surface area contributed by atoms with Gasteiger partial charge in [-0.3, -0.25) is 0 Å². The van der Waals surface area contributed by atoms with Crippen LogP contribution < -0.4 is 5.32 Å². The third kappa shape index (κ3) is 4.33. The molecule has 0 aliphatic rings. The molecule has 2 atom stereocenters. The number of halogens is 3. The summed E-state index contributed by atoms with van der Waals surface area (Å²) in [5, 5.41) is 3.32. The maximum atomic E-state index is 12.4.